The maximum Gasteiger partial charge on any atom is 0.134 e. The predicted molar refractivity (Wildman–Crippen MR) is 88.6 cm³/mol. The lowest BCUT2D eigenvalue weighted by molar-refractivity contribution is 0.199. The highest BCUT2D eigenvalue weighted by atomic mass is 35.5. The van der Waals surface area contributed by atoms with E-state index in [1.165, 1.54) is 0 Å². The fourth-order valence-electron chi connectivity index (χ4n) is 1.97. The van der Waals surface area contributed by atoms with Crippen molar-refractivity contribution in [1.82, 2.24) is 5.32 Å². The van der Waals surface area contributed by atoms with Gasteiger partial charge in [0.05, 0.1) is 12.6 Å². The van der Waals surface area contributed by atoms with E-state index in [2.05, 4.69) is 19.2 Å². The van der Waals surface area contributed by atoms with E-state index < -0.39 is 6.10 Å². The smallest absolute Gasteiger partial charge is 0.134 e. The number of hydrogen-bond acceptors (Lipinski definition) is 3. The van der Waals surface area contributed by atoms with E-state index in [0.717, 1.165) is 35.6 Å². The van der Waals surface area contributed by atoms with E-state index in [1.54, 1.807) is 6.92 Å². The van der Waals surface area contributed by atoms with Crippen LogP contribution in [0.2, 0.25) is 0 Å². The Morgan fingerprint density at radius 3 is 2.33 bits per heavy atom. The standard InChI is InChI=1S/C17H23NO2.ClH/c1-4-12(2)18-11-16-9-10-17(20-16)15-7-5-14(6-8-15)13(3)19;/h5-10,12-13,18-19H,4,11H2,1-3H3;1H. The summed E-state index contributed by atoms with van der Waals surface area (Å²) in [6, 6.07) is 12.3. The van der Waals surface area contributed by atoms with Gasteiger partial charge in [-0.1, -0.05) is 31.2 Å². The Morgan fingerprint density at radius 1 is 1.10 bits per heavy atom. The van der Waals surface area contributed by atoms with Crippen LogP contribution in [0, 0.1) is 0 Å². The second kappa shape index (κ2) is 8.23. The van der Waals surface area contributed by atoms with E-state index in [-0.39, 0.29) is 12.4 Å². The largest absolute Gasteiger partial charge is 0.460 e. The summed E-state index contributed by atoms with van der Waals surface area (Å²) in [5.41, 5.74) is 1.95. The molecule has 3 nitrogen and oxygen atoms in total. The molecule has 0 fully saturated rings. The Bertz CT molecular complexity index is 534. The summed E-state index contributed by atoms with van der Waals surface area (Å²) in [7, 11) is 0. The molecule has 1 aromatic heterocycles. The van der Waals surface area contributed by atoms with Crippen LogP contribution in [0.5, 0.6) is 0 Å². The number of aliphatic hydroxyl groups is 1. The van der Waals surface area contributed by atoms with E-state index in [9.17, 15) is 5.11 Å². The maximum absolute atomic E-state index is 9.50. The van der Waals surface area contributed by atoms with Gasteiger partial charge in [0.15, 0.2) is 0 Å². The van der Waals surface area contributed by atoms with E-state index in [1.807, 2.05) is 36.4 Å². The molecule has 0 saturated carbocycles. The third kappa shape index (κ3) is 4.88. The van der Waals surface area contributed by atoms with Crippen molar-refractivity contribution < 1.29 is 9.52 Å². The van der Waals surface area contributed by atoms with Crippen LogP contribution < -0.4 is 5.32 Å². The van der Waals surface area contributed by atoms with Crippen LogP contribution in [0.1, 0.15) is 44.6 Å². The maximum atomic E-state index is 9.50. The minimum absolute atomic E-state index is 0. The molecule has 0 aliphatic carbocycles. The summed E-state index contributed by atoms with van der Waals surface area (Å²) in [4.78, 5) is 0. The van der Waals surface area contributed by atoms with Gasteiger partial charge in [-0.25, -0.2) is 0 Å². The predicted octanol–water partition coefficient (Wildman–Crippen LogP) is 4.31. The molecule has 0 aliphatic rings. The molecule has 2 atom stereocenters. The number of aliphatic hydroxyl groups excluding tert-OH is 1. The van der Waals surface area contributed by atoms with Crippen molar-refractivity contribution in [2.45, 2.75) is 45.9 Å². The van der Waals surface area contributed by atoms with Crippen molar-refractivity contribution in [3.63, 3.8) is 0 Å². The molecule has 1 heterocycles. The van der Waals surface area contributed by atoms with Gasteiger partial charge < -0.3 is 14.8 Å². The highest BCUT2D eigenvalue weighted by Crippen LogP contribution is 2.24. The van der Waals surface area contributed by atoms with Crippen molar-refractivity contribution in [2.75, 3.05) is 0 Å². The minimum atomic E-state index is -0.434. The molecule has 0 bridgehead atoms. The lowest BCUT2D eigenvalue weighted by atomic mass is 10.1. The zero-order valence-electron chi connectivity index (χ0n) is 12.8. The molecule has 21 heavy (non-hydrogen) atoms. The molecule has 2 aromatic rings. The van der Waals surface area contributed by atoms with Gasteiger partial charge >= 0.3 is 0 Å². The SMILES string of the molecule is CCC(C)NCc1ccc(-c2ccc(C(C)O)cc2)o1.Cl. The van der Waals surface area contributed by atoms with Crippen LogP contribution >= 0.6 is 12.4 Å². The summed E-state index contributed by atoms with van der Waals surface area (Å²) >= 11 is 0. The Labute approximate surface area is 132 Å². The van der Waals surface area contributed by atoms with Crippen LogP contribution in [-0.2, 0) is 6.54 Å². The lowest BCUT2D eigenvalue weighted by Gasteiger charge is -2.09. The first kappa shape index (κ1) is 17.8. The molecular formula is C17H24ClNO2. The lowest BCUT2D eigenvalue weighted by Crippen LogP contribution is -2.24. The zero-order valence-corrected chi connectivity index (χ0v) is 13.6. The molecule has 0 saturated heterocycles. The van der Waals surface area contributed by atoms with E-state index in [4.69, 9.17) is 4.42 Å². The fourth-order valence-corrected chi connectivity index (χ4v) is 1.97. The highest BCUT2D eigenvalue weighted by Gasteiger charge is 2.07. The summed E-state index contributed by atoms with van der Waals surface area (Å²) < 4.78 is 5.84. The first-order valence-corrected chi connectivity index (χ1v) is 7.20. The molecule has 2 N–H and O–H groups in total. The number of hydrogen-bond donors (Lipinski definition) is 2. The molecule has 2 unspecified atom stereocenters. The molecule has 1 aromatic carbocycles. The Kier molecular flexibility index (Phi) is 6.96. The van der Waals surface area contributed by atoms with Crippen molar-refractivity contribution in [2.24, 2.45) is 0 Å². The zero-order chi connectivity index (χ0) is 14.5. The summed E-state index contributed by atoms with van der Waals surface area (Å²) in [6.45, 7) is 6.84. The third-order valence-electron chi connectivity index (χ3n) is 3.58. The molecule has 4 heteroatoms. The van der Waals surface area contributed by atoms with Gasteiger partial charge in [0.2, 0.25) is 0 Å². The van der Waals surface area contributed by atoms with Crippen LogP contribution in [0.25, 0.3) is 11.3 Å². The monoisotopic (exact) mass is 309 g/mol. The number of furan rings is 1. The van der Waals surface area contributed by atoms with Crippen LogP contribution in [0.3, 0.4) is 0 Å². The number of rotatable bonds is 6. The van der Waals surface area contributed by atoms with Gasteiger partial charge in [-0.2, -0.15) is 0 Å². The molecule has 0 amide bonds. The van der Waals surface area contributed by atoms with Crippen molar-refractivity contribution >= 4 is 12.4 Å². The molecule has 0 spiro atoms. The minimum Gasteiger partial charge on any atom is -0.460 e. The first-order valence-electron chi connectivity index (χ1n) is 7.20. The topological polar surface area (TPSA) is 45.4 Å². The second-order valence-corrected chi connectivity index (χ2v) is 5.25. The van der Waals surface area contributed by atoms with Crippen LogP contribution in [0.4, 0.5) is 0 Å². The van der Waals surface area contributed by atoms with E-state index >= 15 is 0 Å². The van der Waals surface area contributed by atoms with Crippen molar-refractivity contribution in [1.29, 1.82) is 0 Å². The molecule has 116 valence electrons. The molecule has 2 rings (SSSR count). The third-order valence-corrected chi connectivity index (χ3v) is 3.58. The van der Waals surface area contributed by atoms with Gasteiger partial charge in [0.1, 0.15) is 11.5 Å². The molecule has 0 radical (unpaired) electrons. The molecular weight excluding hydrogens is 286 g/mol. The normalized spacial score (nSPS) is 13.5. The van der Waals surface area contributed by atoms with E-state index in [0.29, 0.717) is 6.04 Å². The first-order chi connectivity index (χ1) is 9.60. The van der Waals surface area contributed by atoms with Gasteiger partial charge in [-0.3, -0.25) is 0 Å². The van der Waals surface area contributed by atoms with Crippen molar-refractivity contribution in [3.05, 3.63) is 47.7 Å². The van der Waals surface area contributed by atoms with Crippen molar-refractivity contribution in [3.8, 4) is 11.3 Å². The number of halogens is 1. The fraction of sp³-hybridized carbons (Fsp3) is 0.412. The van der Waals surface area contributed by atoms with Gasteiger partial charge in [0, 0.05) is 11.6 Å². The second-order valence-electron chi connectivity index (χ2n) is 5.25. The molecule has 0 aliphatic heterocycles. The quantitative estimate of drug-likeness (QED) is 0.835. The number of nitrogens with one attached hydrogen (secondary N) is 1. The number of benzene rings is 1. The van der Waals surface area contributed by atoms with Crippen LogP contribution in [0.15, 0.2) is 40.8 Å². The average molecular weight is 310 g/mol. The summed E-state index contributed by atoms with van der Waals surface area (Å²) in [5.74, 6) is 1.81. The summed E-state index contributed by atoms with van der Waals surface area (Å²) in [6.07, 6.45) is 0.671. The highest BCUT2D eigenvalue weighted by molar-refractivity contribution is 5.85. The summed E-state index contributed by atoms with van der Waals surface area (Å²) in [5, 5.41) is 12.9. The van der Waals surface area contributed by atoms with Gasteiger partial charge in [0.25, 0.3) is 0 Å². The van der Waals surface area contributed by atoms with Gasteiger partial charge in [-0.05, 0) is 38.0 Å². The average Bonchev–Trinajstić information content (AvgIpc) is 2.93. The Morgan fingerprint density at radius 2 is 1.76 bits per heavy atom. The van der Waals surface area contributed by atoms with Crippen LogP contribution in [-0.4, -0.2) is 11.1 Å². The Balaban J connectivity index is 0.00000220. The van der Waals surface area contributed by atoms with Gasteiger partial charge in [-0.15, -0.1) is 12.4 Å². The Hall–Kier alpha value is -1.29.